The van der Waals surface area contributed by atoms with Gasteiger partial charge in [-0.05, 0) is 72.4 Å². The number of hydrogen-bond donors (Lipinski definition) is 1. The predicted molar refractivity (Wildman–Crippen MR) is 112 cm³/mol. The molecule has 1 heterocycles. The number of rotatable bonds is 6. The van der Waals surface area contributed by atoms with E-state index in [1.165, 1.54) is 18.3 Å². The highest BCUT2D eigenvalue weighted by Gasteiger charge is 2.23. The highest BCUT2D eigenvalue weighted by Crippen LogP contribution is 2.43. The number of hydrogen-bond acceptors (Lipinski definition) is 4. The Labute approximate surface area is 177 Å². The van der Waals surface area contributed by atoms with Gasteiger partial charge in [0.25, 0.3) is 0 Å². The molecule has 0 saturated heterocycles. The van der Waals surface area contributed by atoms with Crippen molar-refractivity contribution in [2.24, 2.45) is 0 Å². The second-order valence-corrected chi connectivity index (χ2v) is 7.44. The molecule has 0 atom stereocenters. The Morgan fingerprint density at radius 1 is 1.10 bits per heavy atom. The van der Waals surface area contributed by atoms with Crippen LogP contribution in [0.1, 0.15) is 46.4 Å². The SMILES string of the molecule is O=C(O)c1cnnc(C2=C(c3cc(Cl)ccc3OCc3ccc(F)cc3)CCC2)c1. The molecule has 7 heteroatoms. The summed E-state index contributed by atoms with van der Waals surface area (Å²) in [4.78, 5) is 11.3. The van der Waals surface area contributed by atoms with Crippen LogP contribution in [-0.2, 0) is 6.61 Å². The zero-order valence-corrected chi connectivity index (χ0v) is 16.7. The summed E-state index contributed by atoms with van der Waals surface area (Å²) in [5, 5.41) is 17.8. The van der Waals surface area contributed by atoms with Crippen molar-refractivity contribution in [2.75, 3.05) is 0 Å². The van der Waals surface area contributed by atoms with E-state index in [0.717, 1.165) is 41.5 Å². The molecule has 152 valence electrons. The van der Waals surface area contributed by atoms with Gasteiger partial charge in [0.2, 0.25) is 0 Å². The Hall–Kier alpha value is -3.25. The van der Waals surface area contributed by atoms with Crippen molar-refractivity contribution in [3.63, 3.8) is 0 Å². The Morgan fingerprint density at radius 2 is 1.87 bits per heavy atom. The van der Waals surface area contributed by atoms with Gasteiger partial charge in [-0.2, -0.15) is 10.2 Å². The van der Waals surface area contributed by atoms with Gasteiger partial charge in [0.1, 0.15) is 18.2 Å². The summed E-state index contributed by atoms with van der Waals surface area (Å²) in [7, 11) is 0. The molecule has 4 rings (SSSR count). The molecule has 0 unspecified atom stereocenters. The van der Waals surface area contributed by atoms with E-state index >= 15 is 0 Å². The third-order valence-corrected chi connectivity index (χ3v) is 5.24. The fraction of sp³-hybridized carbons (Fsp3) is 0.174. The molecule has 1 N–H and O–H groups in total. The molecule has 30 heavy (non-hydrogen) atoms. The third kappa shape index (κ3) is 4.33. The second-order valence-electron chi connectivity index (χ2n) is 7.00. The van der Waals surface area contributed by atoms with Crippen LogP contribution in [0.5, 0.6) is 5.75 Å². The fourth-order valence-electron chi connectivity index (χ4n) is 3.56. The van der Waals surface area contributed by atoms with Crippen LogP contribution in [0.4, 0.5) is 4.39 Å². The van der Waals surface area contributed by atoms with Crippen molar-refractivity contribution in [3.8, 4) is 5.75 Å². The zero-order chi connectivity index (χ0) is 21.1. The summed E-state index contributed by atoms with van der Waals surface area (Å²) >= 11 is 6.26. The van der Waals surface area contributed by atoms with Crippen LogP contribution < -0.4 is 4.74 Å². The van der Waals surface area contributed by atoms with Gasteiger partial charge in [-0.25, -0.2) is 9.18 Å². The lowest BCUT2D eigenvalue weighted by Gasteiger charge is -2.15. The average molecular weight is 425 g/mol. The van der Waals surface area contributed by atoms with Crippen LogP contribution >= 0.6 is 11.6 Å². The Balaban J connectivity index is 1.70. The first-order valence-corrected chi connectivity index (χ1v) is 9.84. The van der Waals surface area contributed by atoms with Crippen molar-refractivity contribution in [1.29, 1.82) is 0 Å². The predicted octanol–water partition coefficient (Wildman–Crippen LogP) is 5.64. The number of aromatic carboxylic acids is 1. The first kappa shape index (κ1) is 20.0. The van der Waals surface area contributed by atoms with E-state index in [9.17, 15) is 14.3 Å². The molecule has 1 aliphatic carbocycles. The van der Waals surface area contributed by atoms with Crippen LogP contribution in [0.3, 0.4) is 0 Å². The number of allylic oxidation sites excluding steroid dienone is 2. The van der Waals surface area contributed by atoms with Crippen LogP contribution in [0.15, 0.2) is 54.7 Å². The van der Waals surface area contributed by atoms with E-state index in [2.05, 4.69) is 10.2 Å². The molecule has 5 nitrogen and oxygen atoms in total. The monoisotopic (exact) mass is 424 g/mol. The lowest BCUT2D eigenvalue weighted by molar-refractivity contribution is 0.0696. The van der Waals surface area contributed by atoms with Crippen LogP contribution in [0.2, 0.25) is 5.02 Å². The summed E-state index contributed by atoms with van der Waals surface area (Å²) in [6.07, 6.45) is 3.70. The minimum atomic E-state index is -1.04. The van der Waals surface area contributed by atoms with Gasteiger partial charge in [0.15, 0.2) is 0 Å². The van der Waals surface area contributed by atoms with E-state index in [1.54, 1.807) is 24.3 Å². The van der Waals surface area contributed by atoms with E-state index in [-0.39, 0.29) is 18.0 Å². The van der Waals surface area contributed by atoms with E-state index in [4.69, 9.17) is 16.3 Å². The molecule has 0 aliphatic heterocycles. The van der Waals surface area contributed by atoms with Gasteiger partial charge in [-0.3, -0.25) is 0 Å². The number of carboxylic acids is 1. The number of ether oxygens (including phenoxy) is 1. The molecule has 0 amide bonds. The number of carbonyl (C=O) groups is 1. The van der Waals surface area contributed by atoms with Gasteiger partial charge in [-0.15, -0.1) is 0 Å². The molecule has 0 radical (unpaired) electrons. The molecule has 1 aromatic heterocycles. The summed E-state index contributed by atoms with van der Waals surface area (Å²) < 4.78 is 19.2. The normalized spacial score (nSPS) is 13.5. The average Bonchev–Trinajstić information content (AvgIpc) is 3.24. The number of benzene rings is 2. The van der Waals surface area contributed by atoms with Gasteiger partial charge < -0.3 is 9.84 Å². The van der Waals surface area contributed by atoms with E-state index in [0.29, 0.717) is 16.5 Å². The number of carboxylic acid groups (broad SMARTS) is 1. The summed E-state index contributed by atoms with van der Waals surface area (Å²) in [5.74, 6) is -0.686. The maximum absolute atomic E-state index is 13.1. The number of aromatic nitrogens is 2. The summed E-state index contributed by atoms with van der Waals surface area (Å²) in [5.41, 5.74) is 4.30. The highest BCUT2D eigenvalue weighted by molar-refractivity contribution is 6.30. The molecule has 2 aromatic carbocycles. The maximum Gasteiger partial charge on any atom is 0.337 e. The second kappa shape index (κ2) is 8.63. The van der Waals surface area contributed by atoms with Crippen molar-refractivity contribution in [2.45, 2.75) is 25.9 Å². The van der Waals surface area contributed by atoms with Gasteiger partial charge in [0, 0.05) is 10.6 Å². The molecular formula is C23H18ClFN2O3. The van der Waals surface area contributed by atoms with E-state index < -0.39 is 5.97 Å². The maximum atomic E-state index is 13.1. The van der Waals surface area contributed by atoms with Crippen molar-refractivity contribution >= 4 is 28.7 Å². The smallest absolute Gasteiger partial charge is 0.337 e. The highest BCUT2D eigenvalue weighted by atomic mass is 35.5. The van der Waals surface area contributed by atoms with Gasteiger partial charge in [-0.1, -0.05) is 23.7 Å². The van der Waals surface area contributed by atoms with Gasteiger partial charge in [0.05, 0.1) is 17.5 Å². The topological polar surface area (TPSA) is 72.3 Å². The van der Waals surface area contributed by atoms with Crippen LogP contribution in [-0.4, -0.2) is 21.3 Å². The van der Waals surface area contributed by atoms with E-state index in [1.807, 2.05) is 12.1 Å². The Kier molecular flexibility index (Phi) is 5.77. The fourth-order valence-corrected chi connectivity index (χ4v) is 3.73. The first-order valence-electron chi connectivity index (χ1n) is 9.47. The quantitative estimate of drug-likeness (QED) is 0.554. The van der Waals surface area contributed by atoms with Crippen LogP contribution in [0.25, 0.3) is 11.1 Å². The number of halogens is 2. The third-order valence-electron chi connectivity index (χ3n) is 5.00. The molecule has 0 spiro atoms. The standard InChI is InChI=1S/C23H18ClFN2O3/c24-16-6-9-22(30-13-14-4-7-17(25)8-5-14)20(11-16)18-2-1-3-19(18)21-10-15(23(28)29)12-26-27-21/h4-12H,1-3,13H2,(H,28,29). The Bertz CT molecular complexity index is 1130. The molecular weight excluding hydrogens is 407 g/mol. The minimum absolute atomic E-state index is 0.0950. The lowest BCUT2D eigenvalue weighted by atomic mass is 9.98. The molecule has 1 aliphatic rings. The summed E-state index contributed by atoms with van der Waals surface area (Å²) in [6, 6.07) is 13.1. The largest absolute Gasteiger partial charge is 0.488 e. The molecule has 0 saturated carbocycles. The first-order chi connectivity index (χ1) is 14.5. The molecule has 3 aromatic rings. The minimum Gasteiger partial charge on any atom is -0.488 e. The van der Waals surface area contributed by atoms with Gasteiger partial charge >= 0.3 is 5.97 Å². The lowest BCUT2D eigenvalue weighted by Crippen LogP contribution is -2.02. The van der Waals surface area contributed by atoms with Crippen molar-refractivity contribution < 1.29 is 19.0 Å². The summed E-state index contributed by atoms with van der Waals surface area (Å²) in [6.45, 7) is 0.284. The molecule has 0 bridgehead atoms. The Morgan fingerprint density at radius 3 is 2.63 bits per heavy atom. The number of nitrogens with zero attached hydrogens (tertiary/aromatic N) is 2. The molecule has 0 fully saturated rings. The zero-order valence-electron chi connectivity index (χ0n) is 15.9. The van der Waals surface area contributed by atoms with Crippen molar-refractivity contribution in [1.82, 2.24) is 10.2 Å². The van der Waals surface area contributed by atoms with Crippen LogP contribution in [0, 0.1) is 5.82 Å². The van der Waals surface area contributed by atoms with Crippen molar-refractivity contribution in [3.05, 3.63) is 88.0 Å².